The summed E-state index contributed by atoms with van der Waals surface area (Å²) in [4.78, 5) is 31.7. The maximum atomic E-state index is 12.8. The summed E-state index contributed by atoms with van der Waals surface area (Å²) in [6.45, 7) is 4.27. The minimum Gasteiger partial charge on any atom is -0.465 e. The summed E-state index contributed by atoms with van der Waals surface area (Å²) in [7, 11) is 0. The molecule has 2 heterocycles. The molecule has 1 aromatic heterocycles. The monoisotopic (exact) mass is 337 g/mol. The quantitative estimate of drug-likeness (QED) is 0.609. The molecule has 2 aliphatic rings. The average molecular weight is 337 g/mol. The SMILES string of the molecule is CCOC(=O)C1(C(=O)OCC)C[C@H]2CON=C2[C@H]1c1cccs1. The topological polar surface area (TPSA) is 74.2 Å². The lowest BCUT2D eigenvalue weighted by Gasteiger charge is -2.30. The van der Waals surface area contributed by atoms with Gasteiger partial charge in [-0.2, -0.15) is 0 Å². The van der Waals surface area contributed by atoms with Gasteiger partial charge in [-0.25, -0.2) is 0 Å². The van der Waals surface area contributed by atoms with Gasteiger partial charge < -0.3 is 14.3 Å². The number of hydrogen-bond acceptors (Lipinski definition) is 7. The normalized spacial score (nSPS) is 24.5. The van der Waals surface area contributed by atoms with Gasteiger partial charge in [0.05, 0.1) is 24.8 Å². The minimum absolute atomic E-state index is 0.0593. The summed E-state index contributed by atoms with van der Waals surface area (Å²) >= 11 is 1.49. The Balaban J connectivity index is 2.11. The van der Waals surface area contributed by atoms with E-state index >= 15 is 0 Å². The van der Waals surface area contributed by atoms with Gasteiger partial charge in [-0.05, 0) is 31.7 Å². The number of nitrogens with zero attached hydrogens (tertiary/aromatic N) is 1. The standard InChI is InChI=1S/C16H19NO5S/c1-3-20-14(18)16(15(19)21-4-2)8-10-9-22-17-13(10)12(16)11-6-5-7-23-11/h5-7,10,12H,3-4,8-9H2,1-2H3/t10-,12+/m0/s1. The molecule has 1 aliphatic carbocycles. The molecule has 0 saturated heterocycles. The van der Waals surface area contributed by atoms with Gasteiger partial charge in [0.15, 0.2) is 5.41 Å². The Morgan fingerprint density at radius 1 is 1.35 bits per heavy atom. The van der Waals surface area contributed by atoms with Crippen LogP contribution in [0.2, 0.25) is 0 Å². The van der Waals surface area contributed by atoms with Crippen LogP contribution < -0.4 is 0 Å². The highest BCUT2D eigenvalue weighted by atomic mass is 32.1. The van der Waals surface area contributed by atoms with Crippen LogP contribution >= 0.6 is 11.3 Å². The van der Waals surface area contributed by atoms with Gasteiger partial charge in [-0.3, -0.25) is 9.59 Å². The van der Waals surface area contributed by atoms with Crippen molar-refractivity contribution in [1.82, 2.24) is 0 Å². The minimum atomic E-state index is -1.37. The third-order valence-corrected chi connectivity index (χ3v) is 5.27. The molecule has 7 heteroatoms. The lowest BCUT2D eigenvalue weighted by molar-refractivity contribution is -0.173. The van der Waals surface area contributed by atoms with E-state index in [1.54, 1.807) is 13.8 Å². The van der Waals surface area contributed by atoms with Crippen molar-refractivity contribution in [1.29, 1.82) is 0 Å². The predicted molar refractivity (Wildman–Crippen MR) is 84.3 cm³/mol. The van der Waals surface area contributed by atoms with E-state index in [2.05, 4.69) is 5.16 Å². The first-order chi connectivity index (χ1) is 11.1. The Kier molecular flexibility index (Phi) is 4.39. The molecule has 1 saturated carbocycles. The third kappa shape index (κ3) is 2.43. The maximum Gasteiger partial charge on any atom is 0.324 e. The van der Waals surface area contributed by atoms with Gasteiger partial charge in [0.25, 0.3) is 0 Å². The number of carbonyl (C=O) groups is 2. The number of hydrogen-bond donors (Lipinski definition) is 0. The van der Waals surface area contributed by atoms with Crippen molar-refractivity contribution in [2.24, 2.45) is 16.5 Å². The Morgan fingerprint density at radius 2 is 2.04 bits per heavy atom. The maximum absolute atomic E-state index is 12.8. The molecule has 2 atom stereocenters. The largest absolute Gasteiger partial charge is 0.465 e. The van der Waals surface area contributed by atoms with Gasteiger partial charge in [-0.15, -0.1) is 11.3 Å². The molecule has 0 aromatic carbocycles. The zero-order valence-corrected chi connectivity index (χ0v) is 13.9. The van der Waals surface area contributed by atoms with Gasteiger partial charge in [0.1, 0.15) is 6.61 Å². The second-order valence-corrected chi connectivity index (χ2v) is 6.55. The van der Waals surface area contributed by atoms with Crippen molar-refractivity contribution in [3.63, 3.8) is 0 Å². The van der Waals surface area contributed by atoms with Crippen molar-refractivity contribution in [2.45, 2.75) is 26.2 Å². The third-order valence-electron chi connectivity index (χ3n) is 4.33. The van der Waals surface area contributed by atoms with Gasteiger partial charge in [-0.1, -0.05) is 11.2 Å². The number of carbonyl (C=O) groups excluding carboxylic acids is 2. The molecule has 124 valence electrons. The van der Waals surface area contributed by atoms with Crippen LogP contribution in [0.25, 0.3) is 0 Å². The van der Waals surface area contributed by atoms with Crippen LogP contribution in [0.15, 0.2) is 22.7 Å². The first-order valence-electron chi connectivity index (χ1n) is 7.72. The molecule has 1 aliphatic heterocycles. The molecule has 1 aromatic rings. The first-order valence-corrected chi connectivity index (χ1v) is 8.60. The molecule has 3 rings (SSSR count). The molecule has 0 bridgehead atoms. The van der Waals surface area contributed by atoms with Gasteiger partial charge in [0, 0.05) is 10.8 Å². The smallest absolute Gasteiger partial charge is 0.324 e. The van der Waals surface area contributed by atoms with E-state index in [0.29, 0.717) is 13.0 Å². The van der Waals surface area contributed by atoms with E-state index in [1.807, 2.05) is 17.5 Å². The summed E-state index contributed by atoms with van der Waals surface area (Å²) in [6, 6.07) is 3.80. The average Bonchev–Trinajstić information content (AvgIpc) is 3.23. The highest BCUT2D eigenvalue weighted by Crippen LogP contribution is 2.54. The van der Waals surface area contributed by atoms with E-state index in [-0.39, 0.29) is 19.1 Å². The summed E-state index contributed by atoms with van der Waals surface area (Å²) in [5.41, 5.74) is -0.627. The van der Waals surface area contributed by atoms with E-state index in [1.165, 1.54) is 11.3 Å². The fourth-order valence-electron chi connectivity index (χ4n) is 3.42. The summed E-state index contributed by atoms with van der Waals surface area (Å²) < 4.78 is 10.5. The molecule has 1 fully saturated rings. The zero-order valence-electron chi connectivity index (χ0n) is 13.1. The highest BCUT2D eigenvalue weighted by molar-refractivity contribution is 7.10. The van der Waals surface area contributed by atoms with Crippen molar-refractivity contribution in [3.05, 3.63) is 22.4 Å². The van der Waals surface area contributed by atoms with Crippen molar-refractivity contribution >= 4 is 29.0 Å². The second kappa shape index (κ2) is 6.31. The Bertz CT molecular complexity index is 606. The number of thiophene rings is 1. The zero-order chi connectivity index (χ0) is 16.4. The molecule has 23 heavy (non-hydrogen) atoms. The van der Waals surface area contributed by atoms with Crippen molar-refractivity contribution < 1.29 is 23.9 Å². The van der Waals surface area contributed by atoms with E-state index < -0.39 is 23.3 Å². The summed E-state index contributed by atoms with van der Waals surface area (Å²) in [6.07, 6.45) is 0.312. The molecular formula is C16H19NO5S. The van der Waals surface area contributed by atoms with Crippen LogP contribution in [0.5, 0.6) is 0 Å². The summed E-state index contributed by atoms with van der Waals surface area (Å²) in [5, 5.41) is 6.04. The van der Waals surface area contributed by atoms with Gasteiger partial charge >= 0.3 is 11.9 Å². The van der Waals surface area contributed by atoms with Crippen LogP contribution in [0.4, 0.5) is 0 Å². The van der Waals surface area contributed by atoms with Crippen molar-refractivity contribution in [2.75, 3.05) is 19.8 Å². The fourth-order valence-corrected chi connectivity index (χ4v) is 4.35. The fraction of sp³-hybridized carbons (Fsp3) is 0.562. The first kappa shape index (κ1) is 16.0. The Labute approximate surface area is 138 Å². The van der Waals surface area contributed by atoms with Crippen molar-refractivity contribution in [3.8, 4) is 0 Å². The molecule has 6 nitrogen and oxygen atoms in total. The second-order valence-electron chi connectivity index (χ2n) is 5.57. The number of ether oxygens (including phenoxy) is 2. The van der Waals surface area contributed by atoms with Crippen LogP contribution in [-0.4, -0.2) is 37.5 Å². The number of esters is 2. The molecule has 0 spiro atoms. The van der Waals surface area contributed by atoms with Crippen LogP contribution in [0, 0.1) is 11.3 Å². The number of rotatable bonds is 5. The van der Waals surface area contributed by atoms with E-state index in [0.717, 1.165) is 10.6 Å². The predicted octanol–water partition coefficient (Wildman–Crippen LogP) is 2.35. The Morgan fingerprint density at radius 3 is 2.61 bits per heavy atom. The molecule has 0 unspecified atom stereocenters. The summed E-state index contributed by atoms with van der Waals surface area (Å²) in [5.74, 6) is -1.60. The van der Waals surface area contributed by atoms with Crippen LogP contribution in [0.1, 0.15) is 31.1 Å². The van der Waals surface area contributed by atoms with E-state index in [4.69, 9.17) is 14.3 Å². The molecule has 0 N–H and O–H groups in total. The molecule has 0 radical (unpaired) electrons. The highest BCUT2D eigenvalue weighted by Gasteiger charge is 2.65. The number of oxime groups is 1. The lowest BCUT2D eigenvalue weighted by atomic mass is 9.76. The number of fused-ring (bicyclic) bond motifs is 1. The van der Waals surface area contributed by atoms with Gasteiger partial charge in [0.2, 0.25) is 0 Å². The molecular weight excluding hydrogens is 318 g/mol. The molecule has 0 amide bonds. The lowest BCUT2D eigenvalue weighted by Crippen LogP contribution is -2.45. The Hall–Kier alpha value is -1.89. The van der Waals surface area contributed by atoms with Crippen LogP contribution in [-0.2, 0) is 23.9 Å². The van der Waals surface area contributed by atoms with E-state index in [9.17, 15) is 9.59 Å². The van der Waals surface area contributed by atoms with Crippen LogP contribution in [0.3, 0.4) is 0 Å².